The molecule has 0 aromatic carbocycles. The predicted octanol–water partition coefficient (Wildman–Crippen LogP) is 2.80. The maximum absolute atomic E-state index is 11.6. The van der Waals surface area contributed by atoms with E-state index in [2.05, 4.69) is 0 Å². The number of ether oxygens (including phenoxy) is 1. The first-order chi connectivity index (χ1) is 7.36. The third-order valence-electron chi connectivity index (χ3n) is 3.53. The normalized spacial score (nSPS) is 23.1. The number of amides is 1. The van der Waals surface area contributed by atoms with E-state index in [1.165, 1.54) is 32.1 Å². The van der Waals surface area contributed by atoms with Crippen LogP contribution in [0.2, 0.25) is 0 Å². The minimum atomic E-state index is -0.0851. The van der Waals surface area contributed by atoms with Crippen molar-refractivity contribution in [3.8, 4) is 0 Å². The highest BCUT2D eigenvalue weighted by Crippen LogP contribution is 2.24. The molecule has 0 bridgehead atoms. The van der Waals surface area contributed by atoms with Gasteiger partial charge in [0.05, 0.1) is 6.61 Å². The third-order valence-corrected chi connectivity index (χ3v) is 3.53. The number of hydrogen-bond donors (Lipinski definition) is 0. The molecule has 1 amide bonds. The zero-order chi connectivity index (χ0) is 10.5. The summed E-state index contributed by atoms with van der Waals surface area (Å²) in [5.41, 5.74) is 0. The molecule has 0 spiro atoms. The highest BCUT2D eigenvalue weighted by molar-refractivity contribution is 5.67. The van der Waals surface area contributed by atoms with E-state index in [-0.39, 0.29) is 6.09 Å². The van der Waals surface area contributed by atoms with Gasteiger partial charge >= 0.3 is 6.09 Å². The maximum Gasteiger partial charge on any atom is 0.409 e. The summed E-state index contributed by atoms with van der Waals surface area (Å²) in [6.45, 7) is 2.43. The quantitative estimate of drug-likeness (QED) is 0.703. The standard InChI is InChI=1S/C12H21NO2/c14-12(13-8-4-5-9-13)15-10-11-6-2-1-3-7-11/h11H,1-10H2. The van der Waals surface area contributed by atoms with Crippen LogP contribution >= 0.6 is 0 Å². The molecule has 0 radical (unpaired) electrons. The SMILES string of the molecule is O=C(OCC1CCCCC1)N1CCCC1. The van der Waals surface area contributed by atoms with Crippen LogP contribution in [0.25, 0.3) is 0 Å². The Morgan fingerprint density at radius 1 is 1.07 bits per heavy atom. The second-order valence-corrected chi connectivity index (χ2v) is 4.78. The second kappa shape index (κ2) is 5.38. The van der Waals surface area contributed by atoms with Crippen molar-refractivity contribution in [3.05, 3.63) is 0 Å². The van der Waals surface area contributed by atoms with Crippen molar-refractivity contribution in [2.45, 2.75) is 44.9 Å². The summed E-state index contributed by atoms with van der Waals surface area (Å²) in [4.78, 5) is 13.4. The van der Waals surface area contributed by atoms with Crippen LogP contribution < -0.4 is 0 Å². The molecular formula is C12H21NO2. The number of carbonyl (C=O) groups is 1. The first kappa shape index (κ1) is 10.8. The van der Waals surface area contributed by atoms with Gasteiger partial charge in [-0.1, -0.05) is 19.3 Å². The first-order valence-corrected chi connectivity index (χ1v) is 6.28. The fourth-order valence-corrected chi connectivity index (χ4v) is 2.53. The van der Waals surface area contributed by atoms with Gasteiger partial charge in [0.25, 0.3) is 0 Å². The molecule has 1 saturated carbocycles. The molecule has 2 rings (SSSR count). The summed E-state index contributed by atoms with van der Waals surface area (Å²) in [6.07, 6.45) is 8.66. The third kappa shape index (κ3) is 3.11. The summed E-state index contributed by atoms with van der Waals surface area (Å²) in [6, 6.07) is 0. The monoisotopic (exact) mass is 211 g/mol. The summed E-state index contributed by atoms with van der Waals surface area (Å²) in [5, 5.41) is 0. The molecule has 1 heterocycles. The molecule has 2 fully saturated rings. The van der Waals surface area contributed by atoms with Gasteiger partial charge in [-0.05, 0) is 31.6 Å². The van der Waals surface area contributed by atoms with Crippen LogP contribution in [0.3, 0.4) is 0 Å². The molecule has 3 heteroatoms. The molecule has 15 heavy (non-hydrogen) atoms. The molecule has 1 aliphatic heterocycles. The van der Waals surface area contributed by atoms with Gasteiger partial charge < -0.3 is 9.64 Å². The molecule has 0 atom stereocenters. The molecule has 1 aliphatic carbocycles. The number of rotatable bonds is 2. The molecule has 3 nitrogen and oxygen atoms in total. The van der Waals surface area contributed by atoms with Gasteiger partial charge in [-0.25, -0.2) is 4.79 Å². The smallest absolute Gasteiger partial charge is 0.409 e. The number of carbonyl (C=O) groups excluding carboxylic acids is 1. The Kier molecular flexibility index (Phi) is 3.87. The molecule has 2 aliphatic rings. The van der Waals surface area contributed by atoms with E-state index >= 15 is 0 Å². The molecule has 0 aromatic heterocycles. The van der Waals surface area contributed by atoms with Gasteiger partial charge in [-0.2, -0.15) is 0 Å². The lowest BCUT2D eigenvalue weighted by molar-refractivity contribution is 0.0868. The molecule has 0 N–H and O–H groups in total. The van der Waals surface area contributed by atoms with Crippen molar-refractivity contribution < 1.29 is 9.53 Å². The fourth-order valence-electron chi connectivity index (χ4n) is 2.53. The lowest BCUT2D eigenvalue weighted by Crippen LogP contribution is -2.30. The average molecular weight is 211 g/mol. The molecular weight excluding hydrogens is 190 g/mol. The van der Waals surface area contributed by atoms with E-state index in [0.717, 1.165) is 25.9 Å². The summed E-state index contributed by atoms with van der Waals surface area (Å²) in [5.74, 6) is 0.630. The van der Waals surface area contributed by atoms with Crippen LogP contribution in [0.5, 0.6) is 0 Å². The highest BCUT2D eigenvalue weighted by atomic mass is 16.6. The molecule has 86 valence electrons. The van der Waals surface area contributed by atoms with Crippen LogP contribution in [-0.2, 0) is 4.74 Å². The van der Waals surface area contributed by atoms with Crippen LogP contribution in [0.1, 0.15) is 44.9 Å². The Bertz CT molecular complexity index is 206. The Labute approximate surface area is 91.8 Å². The van der Waals surface area contributed by atoms with Gasteiger partial charge in [-0.15, -0.1) is 0 Å². The van der Waals surface area contributed by atoms with Gasteiger partial charge in [0.2, 0.25) is 0 Å². The lowest BCUT2D eigenvalue weighted by Gasteiger charge is -2.22. The molecule has 0 unspecified atom stereocenters. The Balaban J connectivity index is 1.65. The van der Waals surface area contributed by atoms with Crippen molar-refractivity contribution in [3.63, 3.8) is 0 Å². The van der Waals surface area contributed by atoms with Crippen LogP contribution in [0.4, 0.5) is 4.79 Å². The number of nitrogens with zero attached hydrogens (tertiary/aromatic N) is 1. The van der Waals surface area contributed by atoms with Crippen LogP contribution in [0, 0.1) is 5.92 Å². The first-order valence-electron chi connectivity index (χ1n) is 6.28. The van der Waals surface area contributed by atoms with Crippen LogP contribution in [-0.4, -0.2) is 30.7 Å². The summed E-state index contributed by atoms with van der Waals surface area (Å²) < 4.78 is 5.35. The van der Waals surface area contributed by atoms with Gasteiger partial charge in [0.15, 0.2) is 0 Å². The van der Waals surface area contributed by atoms with Crippen LogP contribution in [0.15, 0.2) is 0 Å². The average Bonchev–Trinajstić information content (AvgIpc) is 2.81. The number of likely N-dealkylation sites (tertiary alicyclic amines) is 1. The summed E-state index contributed by atoms with van der Waals surface area (Å²) >= 11 is 0. The van der Waals surface area contributed by atoms with E-state index in [9.17, 15) is 4.79 Å². The Morgan fingerprint density at radius 3 is 2.40 bits per heavy atom. The minimum absolute atomic E-state index is 0.0851. The summed E-state index contributed by atoms with van der Waals surface area (Å²) in [7, 11) is 0. The highest BCUT2D eigenvalue weighted by Gasteiger charge is 2.21. The van der Waals surface area contributed by atoms with E-state index in [0.29, 0.717) is 12.5 Å². The topological polar surface area (TPSA) is 29.5 Å². The molecule has 1 saturated heterocycles. The largest absolute Gasteiger partial charge is 0.449 e. The van der Waals surface area contributed by atoms with E-state index in [1.807, 2.05) is 4.90 Å². The zero-order valence-corrected chi connectivity index (χ0v) is 9.41. The van der Waals surface area contributed by atoms with Crippen molar-refractivity contribution in [1.29, 1.82) is 0 Å². The fraction of sp³-hybridized carbons (Fsp3) is 0.917. The Hall–Kier alpha value is -0.730. The van der Waals surface area contributed by atoms with Gasteiger partial charge in [0.1, 0.15) is 0 Å². The van der Waals surface area contributed by atoms with Gasteiger partial charge in [-0.3, -0.25) is 0 Å². The van der Waals surface area contributed by atoms with Gasteiger partial charge in [0, 0.05) is 13.1 Å². The maximum atomic E-state index is 11.6. The van der Waals surface area contributed by atoms with Crippen molar-refractivity contribution in [1.82, 2.24) is 4.90 Å². The van der Waals surface area contributed by atoms with E-state index in [4.69, 9.17) is 4.74 Å². The molecule has 0 aromatic rings. The van der Waals surface area contributed by atoms with Crippen molar-refractivity contribution in [2.75, 3.05) is 19.7 Å². The lowest BCUT2D eigenvalue weighted by atomic mass is 9.90. The van der Waals surface area contributed by atoms with E-state index < -0.39 is 0 Å². The number of hydrogen-bond acceptors (Lipinski definition) is 2. The Morgan fingerprint density at radius 2 is 1.73 bits per heavy atom. The predicted molar refractivity (Wildman–Crippen MR) is 58.7 cm³/mol. The van der Waals surface area contributed by atoms with E-state index in [1.54, 1.807) is 0 Å². The second-order valence-electron chi connectivity index (χ2n) is 4.78. The van der Waals surface area contributed by atoms with Crippen molar-refractivity contribution >= 4 is 6.09 Å². The zero-order valence-electron chi connectivity index (χ0n) is 9.41. The van der Waals surface area contributed by atoms with Crippen molar-refractivity contribution in [2.24, 2.45) is 5.92 Å². The minimum Gasteiger partial charge on any atom is -0.449 e.